The van der Waals surface area contributed by atoms with Crippen LogP contribution in [0.2, 0.25) is 0 Å². The first kappa shape index (κ1) is 39.1. The number of aliphatic hydroxyl groups is 1. The van der Waals surface area contributed by atoms with Crippen molar-refractivity contribution in [1.82, 2.24) is 9.80 Å². The number of hydrogen-bond acceptors (Lipinski definition) is 7. The van der Waals surface area contributed by atoms with E-state index in [4.69, 9.17) is 9.47 Å². The maximum absolute atomic E-state index is 14.3. The number of amides is 1. The number of halogens is 4. The van der Waals surface area contributed by atoms with E-state index in [1.807, 2.05) is 25.8 Å². The summed E-state index contributed by atoms with van der Waals surface area (Å²) in [5, 5.41) is 10.2. The Hall–Kier alpha value is -3.72. The number of carbonyl (C=O) groups is 1. The molecule has 3 aromatic rings. The lowest BCUT2D eigenvalue weighted by atomic mass is 10.0. The molecule has 9 nitrogen and oxygen atoms in total. The summed E-state index contributed by atoms with van der Waals surface area (Å²) in [5.41, 5.74) is 0.178. The number of fused-ring (bicyclic) bond motifs is 1. The molecule has 1 heterocycles. The van der Waals surface area contributed by atoms with Crippen molar-refractivity contribution in [3.8, 4) is 5.75 Å². The molecule has 0 radical (unpaired) electrons. The van der Waals surface area contributed by atoms with Gasteiger partial charge in [0, 0.05) is 37.8 Å². The molecule has 4 atom stereocenters. The van der Waals surface area contributed by atoms with Gasteiger partial charge in [0.15, 0.2) is 0 Å². The van der Waals surface area contributed by atoms with Gasteiger partial charge in [-0.15, -0.1) is 0 Å². The molecule has 0 aliphatic carbocycles. The third kappa shape index (κ3) is 10.6. The molecule has 0 bridgehead atoms. The molecule has 0 fully saturated rings. The Morgan fingerprint density at radius 1 is 1.04 bits per heavy atom. The molecule has 1 amide bonds. The van der Waals surface area contributed by atoms with Gasteiger partial charge in [0.2, 0.25) is 0 Å². The molecular formula is C36H45F4N3O6S. The Balaban J connectivity index is 1.61. The molecule has 0 unspecified atom stereocenters. The predicted molar refractivity (Wildman–Crippen MR) is 182 cm³/mol. The lowest BCUT2D eigenvalue weighted by Gasteiger charge is -2.36. The molecule has 2 N–H and O–H groups in total. The fourth-order valence-corrected chi connectivity index (χ4v) is 6.81. The number of aliphatic hydroxyl groups excluding tert-OH is 1. The van der Waals surface area contributed by atoms with Crippen LogP contribution in [0.1, 0.15) is 61.5 Å². The summed E-state index contributed by atoms with van der Waals surface area (Å²) in [5.74, 6) is -1.07. The molecule has 0 aromatic heterocycles. The maximum atomic E-state index is 14.3. The first-order chi connectivity index (χ1) is 23.6. The standard InChI is InChI=1S/C36H45F4N3O6S/c1-24-20-43(25(2)23-44)35(45)32-19-30(41-50(46,47)31-15-12-29(37)13-16-31)14-17-33(32)49-26(3)7-5-6-18-48-34(24)22-42(4)21-27-8-10-28(11-9-27)36(38,39)40/h8-17,19,24-26,34,41,44H,5-7,18,20-23H2,1-4H3/t24-,25+,26+,34+/m1/s1. The Morgan fingerprint density at radius 2 is 1.72 bits per heavy atom. The maximum Gasteiger partial charge on any atom is 0.416 e. The summed E-state index contributed by atoms with van der Waals surface area (Å²) in [7, 11) is -2.27. The highest BCUT2D eigenvalue weighted by Gasteiger charge is 2.32. The third-order valence-corrected chi connectivity index (χ3v) is 10.1. The van der Waals surface area contributed by atoms with E-state index >= 15 is 0 Å². The highest BCUT2D eigenvalue weighted by atomic mass is 32.2. The molecule has 0 saturated carbocycles. The fraction of sp³-hybridized carbons (Fsp3) is 0.472. The second-order valence-corrected chi connectivity index (χ2v) is 14.6. The Morgan fingerprint density at radius 3 is 2.36 bits per heavy atom. The summed E-state index contributed by atoms with van der Waals surface area (Å²) in [6.07, 6.45) is -2.91. The Labute approximate surface area is 291 Å². The topological polar surface area (TPSA) is 108 Å². The molecule has 1 aliphatic rings. The van der Waals surface area contributed by atoms with Gasteiger partial charge in [-0.05, 0) is 100 Å². The molecule has 50 heavy (non-hydrogen) atoms. The van der Waals surface area contributed by atoms with Crippen LogP contribution in [0, 0.1) is 11.7 Å². The third-order valence-electron chi connectivity index (χ3n) is 8.65. The van der Waals surface area contributed by atoms with Crippen LogP contribution in [0.5, 0.6) is 5.75 Å². The van der Waals surface area contributed by atoms with Crippen molar-refractivity contribution in [2.24, 2.45) is 5.92 Å². The van der Waals surface area contributed by atoms with Gasteiger partial charge < -0.3 is 19.5 Å². The number of ether oxygens (including phenoxy) is 2. The number of sulfonamides is 1. The van der Waals surface area contributed by atoms with Gasteiger partial charge in [0.25, 0.3) is 15.9 Å². The largest absolute Gasteiger partial charge is 0.490 e. The lowest BCUT2D eigenvalue weighted by Crippen LogP contribution is -2.47. The molecule has 0 saturated heterocycles. The number of anilines is 1. The van der Waals surface area contributed by atoms with Gasteiger partial charge in [-0.1, -0.05) is 19.1 Å². The van der Waals surface area contributed by atoms with Crippen molar-refractivity contribution in [3.63, 3.8) is 0 Å². The second kappa shape index (κ2) is 17.0. The monoisotopic (exact) mass is 723 g/mol. The van der Waals surface area contributed by atoms with Gasteiger partial charge in [0.1, 0.15) is 11.6 Å². The van der Waals surface area contributed by atoms with E-state index in [9.17, 15) is 35.9 Å². The number of hydrogen-bond donors (Lipinski definition) is 2. The van der Waals surface area contributed by atoms with Crippen LogP contribution in [0.15, 0.2) is 71.6 Å². The van der Waals surface area contributed by atoms with E-state index in [1.54, 1.807) is 6.92 Å². The first-order valence-electron chi connectivity index (χ1n) is 16.5. The number of alkyl halides is 3. The van der Waals surface area contributed by atoms with Gasteiger partial charge in [-0.2, -0.15) is 13.2 Å². The van der Waals surface area contributed by atoms with Crippen molar-refractivity contribution < 1.29 is 45.4 Å². The van der Waals surface area contributed by atoms with E-state index in [-0.39, 0.29) is 53.2 Å². The summed E-state index contributed by atoms with van der Waals surface area (Å²) >= 11 is 0. The average molecular weight is 724 g/mol. The highest BCUT2D eigenvalue weighted by molar-refractivity contribution is 7.92. The van der Waals surface area contributed by atoms with E-state index in [2.05, 4.69) is 4.72 Å². The first-order valence-corrected chi connectivity index (χ1v) is 18.0. The molecule has 1 aliphatic heterocycles. The minimum Gasteiger partial charge on any atom is -0.490 e. The fourth-order valence-electron chi connectivity index (χ4n) is 5.76. The molecule has 0 spiro atoms. The SMILES string of the molecule is C[C@@H]1CN([C@@H](C)CO)C(=O)c2cc(NS(=O)(=O)c3ccc(F)cc3)ccc2O[C@@H](C)CCCCO[C@H]1CN(C)Cc1ccc(C(F)(F)F)cc1. The van der Waals surface area contributed by atoms with E-state index < -0.39 is 39.5 Å². The number of likely N-dealkylation sites (N-methyl/N-ethyl adjacent to an activating group) is 1. The normalized spacial score (nSPS) is 20.5. The number of rotatable bonds is 9. The van der Waals surface area contributed by atoms with Gasteiger partial charge in [0.05, 0.1) is 40.9 Å². The van der Waals surface area contributed by atoms with Crippen LogP contribution in [0.3, 0.4) is 0 Å². The molecule has 14 heteroatoms. The van der Waals surface area contributed by atoms with Crippen LogP contribution in [0.4, 0.5) is 23.2 Å². The second-order valence-electron chi connectivity index (χ2n) is 13.0. The number of nitrogens with one attached hydrogen (secondary N) is 1. The summed E-state index contributed by atoms with van der Waals surface area (Å²) in [6.45, 7) is 6.57. The van der Waals surface area contributed by atoms with Gasteiger partial charge in [-0.25, -0.2) is 12.8 Å². The summed E-state index contributed by atoms with van der Waals surface area (Å²) in [6, 6.07) is 13.2. The number of benzene rings is 3. The van der Waals surface area contributed by atoms with Crippen LogP contribution in [0.25, 0.3) is 0 Å². The van der Waals surface area contributed by atoms with Crippen molar-refractivity contribution in [1.29, 1.82) is 0 Å². The van der Waals surface area contributed by atoms with Crippen molar-refractivity contribution in [3.05, 3.63) is 89.2 Å². The van der Waals surface area contributed by atoms with E-state index in [1.165, 1.54) is 35.2 Å². The van der Waals surface area contributed by atoms with E-state index in [0.29, 0.717) is 31.7 Å². The van der Waals surface area contributed by atoms with Crippen LogP contribution >= 0.6 is 0 Å². The molecular weight excluding hydrogens is 678 g/mol. The predicted octanol–water partition coefficient (Wildman–Crippen LogP) is 6.57. The van der Waals surface area contributed by atoms with Crippen molar-refractivity contribution in [2.75, 3.05) is 38.1 Å². The van der Waals surface area contributed by atoms with Gasteiger partial charge in [-0.3, -0.25) is 14.4 Å². The van der Waals surface area contributed by atoms with Crippen LogP contribution in [-0.2, 0) is 27.5 Å². The summed E-state index contributed by atoms with van der Waals surface area (Å²) in [4.78, 5) is 17.6. The van der Waals surface area contributed by atoms with Crippen LogP contribution < -0.4 is 9.46 Å². The van der Waals surface area contributed by atoms with E-state index in [0.717, 1.165) is 49.2 Å². The zero-order valence-electron chi connectivity index (χ0n) is 28.6. The zero-order valence-corrected chi connectivity index (χ0v) is 29.4. The average Bonchev–Trinajstić information content (AvgIpc) is 3.06. The minimum absolute atomic E-state index is 0.0922. The highest BCUT2D eigenvalue weighted by Crippen LogP contribution is 2.31. The Bertz CT molecular complexity index is 1670. The van der Waals surface area contributed by atoms with Crippen molar-refractivity contribution >= 4 is 21.6 Å². The smallest absolute Gasteiger partial charge is 0.416 e. The quantitative estimate of drug-likeness (QED) is 0.241. The minimum atomic E-state index is -4.42. The van der Waals surface area contributed by atoms with Crippen LogP contribution in [-0.4, -0.2) is 80.8 Å². The number of carbonyl (C=O) groups excluding carboxylic acids is 1. The zero-order chi connectivity index (χ0) is 36.6. The molecule has 4 rings (SSSR count). The molecule has 3 aromatic carbocycles. The lowest BCUT2D eigenvalue weighted by molar-refractivity contribution is -0.137. The molecule has 274 valence electrons. The van der Waals surface area contributed by atoms with Gasteiger partial charge >= 0.3 is 6.18 Å². The summed E-state index contributed by atoms with van der Waals surface area (Å²) < 4.78 is 93.8. The number of nitrogens with zero attached hydrogens (tertiary/aromatic N) is 2. The Kier molecular flexibility index (Phi) is 13.3. The van der Waals surface area contributed by atoms with Crippen molar-refractivity contribution in [2.45, 2.75) is 75.9 Å².